The number of piperidine rings is 1. The van der Waals surface area contributed by atoms with E-state index in [2.05, 4.69) is 21.7 Å². The van der Waals surface area contributed by atoms with Crippen LogP contribution in [0.4, 0.5) is 0 Å². The van der Waals surface area contributed by atoms with Gasteiger partial charge in [0.15, 0.2) is 0 Å². The maximum Gasteiger partial charge on any atom is 0.226 e. The van der Waals surface area contributed by atoms with E-state index in [9.17, 15) is 4.79 Å². The average molecular weight is 342 g/mol. The molecule has 1 aliphatic rings. The average Bonchev–Trinajstić information content (AvgIpc) is 3.09. The topological polar surface area (TPSA) is 60.2 Å². The second kappa shape index (κ2) is 8.14. The maximum absolute atomic E-state index is 12.5. The van der Waals surface area contributed by atoms with Crippen LogP contribution >= 0.6 is 0 Å². The number of hydrogen-bond donors (Lipinski definition) is 0. The summed E-state index contributed by atoms with van der Waals surface area (Å²) in [5.74, 6) is 2.63. The summed E-state index contributed by atoms with van der Waals surface area (Å²) in [4.78, 5) is 14.5. The Hall–Kier alpha value is -2.37. The van der Waals surface area contributed by atoms with Crippen LogP contribution in [0.5, 0.6) is 5.75 Å². The molecule has 1 aliphatic heterocycles. The highest BCUT2D eigenvalue weighted by Crippen LogP contribution is 2.22. The Kier molecular flexibility index (Phi) is 5.68. The fourth-order valence-electron chi connectivity index (χ4n) is 3.41. The zero-order valence-electron chi connectivity index (χ0n) is 15.0. The number of aromatic nitrogens is 3. The van der Waals surface area contributed by atoms with Gasteiger partial charge in [-0.15, -0.1) is 10.2 Å². The number of hydrogen-bond acceptors (Lipinski definition) is 4. The second-order valence-electron chi connectivity index (χ2n) is 6.59. The minimum absolute atomic E-state index is 0.198. The lowest BCUT2D eigenvalue weighted by Gasteiger charge is -2.32. The Balaban J connectivity index is 1.50. The summed E-state index contributed by atoms with van der Waals surface area (Å²) in [6.07, 6.45) is 5.24. The van der Waals surface area contributed by atoms with E-state index in [4.69, 9.17) is 4.74 Å². The van der Waals surface area contributed by atoms with Gasteiger partial charge in [0.2, 0.25) is 5.91 Å². The summed E-state index contributed by atoms with van der Waals surface area (Å²) in [6, 6.07) is 7.74. The van der Waals surface area contributed by atoms with E-state index in [0.717, 1.165) is 56.0 Å². The van der Waals surface area contributed by atoms with Crippen molar-refractivity contribution < 1.29 is 9.53 Å². The number of ether oxygens (including phenoxy) is 1. The third kappa shape index (κ3) is 4.38. The first-order valence-electron chi connectivity index (χ1n) is 8.97. The molecule has 2 aromatic rings. The molecule has 1 aromatic carbocycles. The number of nitrogens with zero attached hydrogens (tertiary/aromatic N) is 4. The number of rotatable bonds is 6. The predicted octanol–water partition coefficient (Wildman–Crippen LogP) is 2.33. The van der Waals surface area contributed by atoms with E-state index in [0.29, 0.717) is 12.3 Å². The fourth-order valence-corrected chi connectivity index (χ4v) is 3.41. The molecule has 1 fully saturated rings. The van der Waals surface area contributed by atoms with Crippen LogP contribution < -0.4 is 4.74 Å². The number of carbonyl (C=O) groups excluding carboxylic acids is 1. The lowest BCUT2D eigenvalue weighted by Crippen LogP contribution is -2.39. The van der Waals surface area contributed by atoms with E-state index in [-0.39, 0.29) is 5.91 Å². The molecular weight excluding hydrogens is 316 g/mol. The summed E-state index contributed by atoms with van der Waals surface area (Å²) in [7, 11) is 1.64. The summed E-state index contributed by atoms with van der Waals surface area (Å²) < 4.78 is 7.32. The van der Waals surface area contributed by atoms with Crippen LogP contribution in [0, 0.1) is 5.92 Å². The van der Waals surface area contributed by atoms with Crippen molar-refractivity contribution in [2.75, 3.05) is 20.2 Å². The van der Waals surface area contributed by atoms with Gasteiger partial charge < -0.3 is 14.2 Å². The summed E-state index contributed by atoms with van der Waals surface area (Å²) in [5, 5.41) is 8.23. The summed E-state index contributed by atoms with van der Waals surface area (Å²) >= 11 is 0. The monoisotopic (exact) mass is 342 g/mol. The SMILES string of the molecule is CCn1cnnc1CC1CCN(C(=O)Cc2cccc(OC)c2)CC1. The van der Waals surface area contributed by atoms with Crippen LogP contribution in [-0.4, -0.2) is 45.8 Å². The Bertz CT molecular complexity index is 705. The molecule has 1 aromatic heterocycles. The molecule has 6 nitrogen and oxygen atoms in total. The van der Waals surface area contributed by atoms with Gasteiger partial charge in [-0.05, 0) is 43.4 Å². The van der Waals surface area contributed by atoms with Crippen molar-refractivity contribution in [3.8, 4) is 5.75 Å². The molecule has 0 unspecified atom stereocenters. The van der Waals surface area contributed by atoms with Gasteiger partial charge in [-0.3, -0.25) is 4.79 Å². The summed E-state index contributed by atoms with van der Waals surface area (Å²) in [6.45, 7) is 4.66. The molecule has 0 spiro atoms. The van der Waals surface area contributed by atoms with Crippen molar-refractivity contribution in [1.29, 1.82) is 0 Å². The summed E-state index contributed by atoms with van der Waals surface area (Å²) in [5.41, 5.74) is 1.00. The normalized spacial score (nSPS) is 15.4. The number of benzene rings is 1. The van der Waals surface area contributed by atoms with E-state index < -0.39 is 0 Å². The van der Waals surface area contributed by atoms with Crippen molar-refractivity contribution in [2.45, 2.75) is 39.2 Å². The highest BCUT2D eigenvalue weighted by Gasteiger charge is 2.24. The molecule has 0 radical (unpaired) electrons. The van der Waals surface area contributed by atoms with Gasteiger partial charge in [0, 0.05) is 26.1 Å². The van der Waals surface area contributed by atoms with Gasteiger partial charge in [-0.2, -0.15) is 0 Å². The Morgan fingerprint density at radius 1 is 1.32 bits per heavy atom. The van der Waals surface area contributed by atoms with Gasteiger partial charge in [0.1, 0.15) is 17.9 Å². The highest BCUT2D eigenvalue weighted by atomic mass is 16.5. The van der Waals surface area contributed by atoms with Crippen LogP contribution in [-0.2, 0) is 24.2 Å². The van der Waals surface area contributed by atoms with E-state index in [1.54, 1.807) is 13.4 Å². The van der Waals surface area contributed by atoms with E-state index in [1.807, 2.05) is 29.2 Å². The largest absolute Gasteiger partial charge is 0.497 e. The number of aryl methyl sites for hydroxylation is 1. The number of methoxy groups -OCH3 is 1. The minimum Gasteiger partial charge on any atom is -0.497 e. The number of likely N-dealkylation sites (tertiary alicyclic amines) is 1. The molecule has 1 amide bonds. The van der Waals surface area contributed by atoms with Crippen LogP contribution in [0.25, 0.3) is 0 Å². The quantitative estimate of drug-likeness (QED) is 0.808. The van der Waals surface area contributed by atoms with E-state index >= 15 is 0 Å². The minimum atomic E-state index is 0.198. The lowest BCUT2D eigenvalue weighted by atomic mass is 9.93. The lowest BCUT2D eigenvalue weighted by molar-refractivity contribution is -0.131. The predicted molar refractivity (Wildman–Crippen MR) is 95.4 cm³/mol. The molecule has 25 heavy (non-hydrogen) atoms. The molecule has 1 saturated heterocycles. The first kappa shape index (κ1) is 17.5. The van der Waals surface area contributed by atoms with Crippen molar-refractivity contribution in [2.24, 2.45) is 5.92 Å². The molecule has 0 N–H and O–H groups in total. The van der Waals surface area contributed by atoms with Crippen LogP contribution in [0.2, 0.25) is 0 Å². The van der Waals surface area contributed by atoms with Gasteiger partial charge in [-0.1, -0.05) is 12.1 Å². The standard InChI is InChI=1S/C19H26N4O2/c1-3-22-14-20-21-18(22)12-15-7-9-23(10-8-15)19(24)13-16-5-4-6-17(11-16)25-2/h4-6,11,14-15H,3,7-10,12-13H2,1-2H3. The third-order valence-corrected chi connectivity index (χ3v) is 4.96. The van der Waals surface area contributed by atoms with Crippen LogP contribution in [0.3, 0.4) is 0 Å². The molecule has 0 saturated carbocycles. The van der Waals surface area contributed by atoms with Crippen molar-refractivity contribution in [3.05, 3.63) is 42.0 Å². The highest BCUT2D eigenvalue weighted by molar-refractivity contribution is 5.79. The smallest absolute Gasteiger partial charge is 0.226 e. The zero-order valence-corrected chi connectivity index (χ0v) is 15.0. The maximum atomic E-state index is 12.5. The van der Waals surface area contributed by atoms with Crippen molar-refractivity contribution >= 4 is 5.91 Å². The van der Waals surface area contributed by atoms with Crippen molar-refractivity contribution in [3.63, 3.8) is 0 Å². The second-order valence-corrected chi connectivity index (χ2v) is 6.59. The Labute approximate surface area is 148 Å². The number of carbonyl (C=O) groups is 1. The van der Waals surface area contributed by atoms with Crippen LogP contribution in [0.1, 0.15) is 31.2 Å². The Morgan fingerprint density at radius 3 is 2.84 bits per heavy atom. The van der Waals surface area contributed by atoms with Gasteiger partial charge in [0.05, 0.1) is 13.5 Å². The first-order valence-corrected chi connectivity index (χ1v) is 8.97. The Morgan fingerprint density at radius 2 is 2.12 bits per heavy atom. The molecule has 6 heteroatoms. The molecule has 3 rings (SSSR count). The van der Waals surface area contributed by atoms with Gasteiger partial charge in [-0.25, -0.2) is 0 Å². The zero-order chi connectivity index (χ0) is 17.6. The fraction of sp³-hybridized carbons (Fsp3) is 0.526. The molecular formula is C19H26N4O2. The third-order valence-electron chi connectivity index (χ3n) is 4.96. The van der Waals surface area contributed by atoms with E-state index in [1.165, 1.54) is 0 Å². The van der Waals surface area contributed by atoms with Gasteiger partial charge in [0.25, 0.3) is 0 Å². The molecule has 2 heterocycles. The molecule has 0 aliphatic carbocycles. The molecule has 0 atom stereocenters. The van der Waals surface area contributed by atoms with Crippen LogP contribution in [0.15, 0.2) is 30.6 Å². The van der Waals surface area contributed by atoms with Crippen molar-refractivity contribution in [1.82, 2.24) is 19.7 Å². The van der Waals surface area contributed by atoms with Gasteiger partial charge >= 0.3 is 0 Å². The molecule has 0 bridgehead atoms. The first-order chi connectivity index (χ1) is 12.2. The number of amides is 1. The molecule has 134 valence electrons.